The molecule has 1 atom stereocenters. The fourth-order valence-corrected chi connectivity index (χ4v) is 2.64. The minimum absolute atomic E-state index is 0.178. The molecule has 1 fully saturated rings. The Bertz CT molecular complexity index is 646. The van der Waals surface area contributed by atoms with Crippen LogP contribution in [0.3, 0.4) is 0 Å². The van der Waals surface area contributed by atoms with Gasteiger partial charge in [-0.2, -0.15) is 0 Å². The summed E-state index contributed by atoms with van der Waals surface area (Å²) in [4.78, 5) is 0. The monoisotopic (exact) mass is 325 g/mol. The lowest BCUT2D eigenvalue weighted by atomic mass is 9.91. The molecule has 0 bridgehead atoms. The molecule has 1 saturated heterocycles. The van der Waals surface area contributed by atoms with E-state index in [2.05, 4.69) is 5.32 Å². The molecule has 2 aromatic carbocycles. The van der Waals surface area contributed by atoms with Crippen LogP contribution in [-0.4, -0.2) is 13.1 Å². The summed E-state index contributed by atoms with van der Waals surface area (Å²) in [6.07, 6.45) is -0.178. The minimum Gasteiger partial charge on any atom is -0.485 e. The third-order valence-corrected chi connectivity index (χ3v) is 4.31. The van der Waals surface area contributed by atoms with E-state index >= 15 is 0 Å². The topological polar surface area (TPSA) is 21.3 Å². The average Bonchev–Trinajstić information content (AvgIpc) is 2.39. The van der Waals surface area contributed by atoms with Crippen LogP contribution in [0.2, 0.25) is 10.0 Å². The predicted octanol–water partition coefficient (Wildman–Crippen LogP) is 4.47. The summed E-state index contributed by atoms with van der Waals surface area (Å²) < 4.78 is 19.3. The summed E-state index contributed by atoms with van der Waals surface area (Å²) in [7, 11) is 0. The molecule has 0 aromatic heterocycles. The van der Waals surface area contributed by atoms with Gasteiger partial charge >= 0.3 is 0 Å². The molecule has 1 aliphatic heterocycles. The van der Waals surface area contributed by atoms with Gasteiger partial charge in [-0.05, 0) is 29.8 Å². The van der Waals surface area contributed by atoms with E-state index in [0.717, 1.165) is 18.7 Å². The summed E-state index contributed by atoms with van der Waals surface area (Å²) in [5, 5.41) is 4.23. The maximum Gasteiger partial charge on any atom is 0.129 e. The van der Waals surface area contributed by atoms with Gasteiger partial charge in [0.1, 0.15) is 17.7 Å². The Labute approximate surface area is 132 Å². The van der Waals surface area contributed by atoms with Crippen LogP contribution in [0.1, 0.15) is 11.7 Å². The molecule has 1 aliphatic rings. The molecule has 0 unspecified atom stereocenters. The Morgan fingerprint density at radius 1 is 1.10 bits per heavy atom. The summed E-state index contributed by atoms with van der Waals surface area (Å²) in [5.74, 6) is 0.524. The molecule has 5 heteroatoms. The van der Waals surface area contributed by atoms with Crippen LogP contribution in [0.25, 0.3) is 0 Å². The molecule has 1 N–H and O–H groups in total. The van der Waals surface area contributed by atoms with Crippen molar-refractivity contribution in [3.05, 3.63) is 63.9 Å². The zero-order valence-corrected chi connectivity index (χ0v) is 12.7. The highest BCUT2D eigenvalue weighted by molar-refractivity contribution is 6.42. The zero-order chi connectivity index (χ0) is 14.8. The standard InChI is InChI=1S/C16H14Cl2FNO/c17-14-5-4-10(6-15(14)18)16(11-8-20-9-11)21-13-3-1-2-12(19)7-13/h1-7,11,16,20H,8-9H2/t16-/m0/s1. The van der Waals surface area contributed by atoms with Gasteiger partial charge in [0.2, 0.25) is 0 Å². The van der Waals surface area contributed by atoms with Gasteiger partial charge in [0.25, 0.3) is 0 Å². The molecule has 0 radical (unpaired) electrons. The van der Waals surface area contributed by atoms with Crippen molar-refractivity contribution in [2.45, 2.75) is 6.10 Å². The molecule has 0 spiro atoms. The van der Waals surface area contributed by atoms with E-state index in [4.69, 9.17) is 27.9 Å². The predicted molar refractivity (Wildman–Crippen MR) is 82.6 cm³/mol. The molecule has 0 amide bonds. The van der Waals surface area contributed by atoms with Crippen molar-refractivity contribution in [1.82, 2.24) is 5.32 Å². The van der Waals surface area contributed by atoms with Crippen LogP contribution in [0, 0.1) is 11.7 Å². The number of halogens is 3. The van der Waals surface area contributed by atoms with Gasteiger partial charge in [-0.25, -0.2) is 4.39 Å². The molecule has 0 aliphatic carbocycles. The normalized spacial score (nSPS) is 16.3. The molecule has 2 aromatic rings. The van der Waals surface area contributed by atoms with E-state index in [-0.39, 0.29) is 11.9 Å². The Morgan fingerprint density at radius 2 is 1.90 bits per heavy atom. The molecule has 1 heterocycles. The van der Waals surface area contributed by atoms with Gasteiger partial charge in [-0.15, -0.1) is 0 Å². The maximum absolute atomic E-state index is 13.3. The van der Waals surface area contributed by atoms with Crippen molar-refractivity contribution >= 4 is 23.2 Å². The Balaban J connectivity index is 1.88. The van der Waals surface area contributed by atoms with Gasteiger partial charge in [0.15, 0.2) is 0 Å². The van der Waals surface area contributed by atoms with E-state index in [1.165, 1.54) is 12.1 Å². The average molecular weight is 326 g/mol. The molecule has 21 heavy (non-hydrogen) atoms. The van der Waals surface area contributed by atoms with Crippen molar-refractivity contribution in [3.8, 4) is 5.75 Å². The summed E-state index contributed by atoms with van der Waals surface area (Å²) in [6.45, 7) is 1.72. The molecule has 2 nitrogen and oxygen atoms in total. The first-order valence-corrected chi connectivity index (χ1v) is 7.47. The van der Waals surface area contributed by atoms with E-state index in [9.17, 15) is 4.39 Å². The summed E-state index contributed by atoms with van der Waals surface area (Å²) >= 11 is 12.0. The smallest absolute Gasteiger partial charge is 0.129 e. The molecular weight excluding hydrogens is 312 g/mol. The largest absolute Gasteiger partial charge is 0.485 e. The Kier molecular flexibility index (Phi) is 4.34. The van der Waals surface area contributed by atoms with Crippen LogP contribution >= 0.6 is 23.2 Å². The van der Waals surface area contributed by atoms with Crippen LogP contribution < -0.4 is 10.1 Å². The zero-order valence-electron chi connectivity index (χ0n) is 11.2. The summed E-state index contributed by atoms with van der Waals surface area (Å²) in [5.41, 5.74) is 0.945. The lowest BCUT2D eigenvalue weighted by Crippen LogP contribution is -2.46. The highest BCUT2D eigenvalue weighted by atomic mass is 35.5. The third kappa shape index (κ3) is 3.31. The molecular formula is C16H14Cl2FNO. The molecule has 0 saturated carbocycles. The number of hydrogen-bond acceptors (Lipinski definition) is 2. The van der Waals surface area contributed by atoms with E-state index in [1.807, 2.05) is 12.1 Å². The van der Waals surface area contributed by atoms with Gasteiger partial charge in [-0.1, -0.05) is 35.3 Å². The van der Waals surface area contributed by atoms with Gasteiger partial charge in [0.05, 0.1) is 10.0 Å². The van der Waals surface area contributed by atoms with Crippen LogP contribution in [-0.2, 0) is 0 Å². The second kappa shape index (κ2) is 6.22. The van der Waals surface area contributed by atoms with Crippen molar-refractivity contribution in [2.75, 3.05) is 13.1 Å². The Morgan fingerprint density at radius 3 is 2.52 bits per heavy atom. The van der Waals surface area contributed by atoms with Crippen molar-refractivity contribution in [3.63, 3.8) is 0 Å². The highest BCUT2D eigenvalue weighted by Gasteiger charge is 2.30. The number of ether oxygens (including phenoxy) is 1. The van der Waals surface area contributed by atoms with Crippen molar-refractivity contribution < 1.29 is 9.13 Å². The lowest BCUT2D eigenvalue weighted by Gasteiger charge is -2.35. The molecule has 3 rings (SSSR count). The Hall–Kier alpha value is -1.29. The second-order valence-corrected chi connectivity index (χ2v) is 5.90. The lowest BCUT2D eigenvalue weighted by molar-refractivity contribution is 0.0990. The van der Waals surface area contributed by atoms with Crippen LogP contribution in [0.4, 0.5) is 4.39 Å². The van der Waals surface area contributed by atoms with E-state index in [0.29, 0.717) is 21.7 Å². The summed E-state index contributed by atoms with van der Waals surface area (Å²) in [6, 6.07) is 11.6. The number of hydrogen-bond donors (Lipinski definition) is 1. The first kappa shape index (κ1) is 14.6. The number of nitrogens with one attached hydrogen (secondary N) is 1. The van der Waals surface area contributed by atoms with E-state index < -0.39 is 0 Å². The fourth-order valence-electron chi connectivity index (χ4n) is 2.34. The van der Waals surface area contributed by atoms with Gasteiger partial charge < -0.3 is 10.1 Å². The van der Waals surface area contributed by atoms with Gasteiger partial charge in [-0.3, -0.25) is 0 Å². The van der Waals surface area contributed by atoms with Crippen molar-refractivity contribution in [1.29, 1.82) is 0 Å². The minimum atomic E-state index is -0.313. The third-order valence-electron chi connectivity index (χ3n) is 3.57. The van der Waals surface area contributed by atoms with E-state index in [1.54, 1.807) is 18.2 Å². The molecule has 110 valence electrons. The number of rotatable bonds is 4. The number of benzene rings is 2. The van der Waals surface area contributed by atoms with Crippen LogP contribution in [0.5, 0.6) is 5.75 Å². The fraction of sp³-hybridized carbons (Fsp3) is 0.250. The quantitative estimate of drug-likeness (QED) is 0.895. The van der Waals surface area contributed by atoms with Gasteiger partial charge in [0, 0.05) is 25.1 Å². The first-order valence-electron chi connectivity index (χ1n) is 6.71. The van der Waals surface area contributed by atoms with Crippen molar-refractivity contribution in [2.24, 2.45) is 5.92 Å². The second-order valence-electron chi connectivity index (χ2n) is 5.09. The first-order chi connectivity index (χ1) is 10.1. The SMILES string of the molecule is Fc1cccc(O[C@@H](c2ccc(Cl)c(Cl)c2)C2CNC2)c1. The maximum atomic E-state index is 13.3. The highest BCUT2D eigenvalue weighted by Crippen LogP contribution is 2.34. The van der Waals surface area contributed by atoms with Crippen LogP contribution in [0.15, 0.2) is 42.5 Å².